The molecule has 1 aromatic carbocycles. The third-order valence-corrected chi connectivity index (χ3v) is 6.98. The Morgan fingerprint density at radius 2 is 1.86 bits per heavy atom. The van der Waals surface area contributed by atoms with E-state index >= 15 is 0 Å². The molecular formula is C19H22N4O4S. The Morgan fingerprint density at radius 1 is 1.21 bits per heavy atom. The maximum Gasteiger partial charge on any atom is 0.269 e. The second kappa shape index (κ2) is 6.23. The van der Waals surface area contributed by atoms with Gasteiger partial charge < -0.3 is 4.90 Å². The SMILES string of the molecule is C[C@H]1CCN2c3ccc([N+](=O)[O-])cc3CC3(C(=O)N(C)C(=S)N(C)C3=O)[C@@H]2C1. The van der Waals surface area contributed by atoms with Crippen LogP contribution in [0.5, 0.6) is 0 Å². The summed E-state index contributed by atoms with van der Waals surface area (Å²) in [6.45, 7) is 2.84. The molecule has 3 heterocycles. The van der Waals surface area contributed by atoms with Gasteiger partial charge in [0.25, 0.3) is 5.69 Å². The van der Waals surface area contributed by atoms with Gasteiger partial charge in [0.1, 0.15) is 0 Å². The van der Waals surface area contributed by atoms with Gasteiger partial charge in [-0.15, -0.1) is 0 Å². The number of fused-ring (bicyclic) bond motifs is 4. The Balaban J connectivity index is 1.92. The van der Waals surface area contributed by atoms with Crippen molar-refractivity contribution in [2.75, 3.05) is 25.5 Å². The number of carbonyl (C=O) groups excluding carboxylic acids is 2. The van der Waals surface area contributed by atoms with E-state index in [4.69, 9.17) is 12.2 Å². The average molecular weight is 402 g/mol. The molecule has 2 saturated heterocycles. The predicted octanol–water partition coefficient (Wildman–Crippen LogP) is 1.96. The lowest BCUT2D eigenvalue weighted by molar-refractivity contribution is -0.384. The molecule has 0 unspecified atom stereocenters. The summed E-state index contributed by atoms with van der Waals surface area (Å²) >= 11 is 5.27. The van der Waals surface area contributed by atoms with E-state index in [2.05, 4.69) is 11.8 Å². The first-order valence-corrected chi connectivity index (χ1v) is 9.73. The number of rotatable bonds is 1. The highest BCUT2D eigenvalue weighted by Gasteiger charge is 2.62. The number of carbonyl (C=O) groups is 2. The average Bonchev–Trinajstić information content (AvgIpc) is 2.68. The van der Waals surface area contributed by atoms with E-state index in [1.165, 1.54) is 21.9 Å². The molecule has 2 atom stereocenters. The molecule has 28 heavy (non-hydrogen) atoms. The van der Waals surface area contributed by atoms with Gasteiger partial charge in [-0.05, 0) is 42.6 Å². The number of nitro groups is 1. The Kier molecular flexibility index (Phi) is 4.18. The lowest BCUT2D eigenvalue weighted by atomic mass is 9.64. The molecule has 1 spiro atoms. The highest BCUT2D eigenvalue weighted by Crippen LogP contribution is 2.49. The van der Waals surface area contributed by atoms with Crippen LogP contribution < -0.4 is 4.90 Å². The van der Waals surface area contributed by atoms with Crippen LogP contribution in [-0.2, 0) is 16.0 Å². The molecule has 0 aromatic heterocycles. The van der Waals surface area contributed by atoms with E-state index in [-0.39, 0.29) is 35.1 Å². The second-order valence-electron chi connectivity index (χ2n) is 8.07. The van der Waals surface area contributed by atoms with Gasteiger partial charge >= 0.3 is 0 Å². The molecule has 2 amide bonds. The van der Waals surface area contributed by atoms with Crippen LogP contribution in [-0.4, -0.2) is 58.3 Å². The fraction of sp³-hybridized carbons (Fsp3) is 0.526. The van der Waals surface area contributed by atoms with Gasteiger partial charge in [-0.3, -0.25) is 29.5 Å². The first kappa shape index (κ1) is 18.8. The summed E-state index contributed by atoms with van der Waals surface area (Å²) in [7, 11) is 3.18. The van der Waals surface area contributed by atoms with E-state index in [0.717, 1.165) is 12.1 Å². The van der Waals surface area contributed by atoms with E-state index in [9.17, 15) is 19.7 Å². The maximum atomic E-state index is 13.5. The van der Waals surface area contributed by atoms with Crippen LogP contribution in [0.25, 0.3) is 0 Å². The number of amides is 2. The van der Waals surface area contributed by atoms with Crippen molar-refractivity contribution in [3.05, 3.63) is 33.9 Å². The van der Waals surface area contributed by atoms with Crippen LogP contribution in [0, 0.1) is 21.4 Å². The van der Waals surface area contributed by atoms with Crippen molar-refractivity contribution in [2.45, 2.75) is 32.2 Å². The van der Waals surface area contributed by atoms with Crippen molar-refractivity contribution >= 4 is 40.5 Å². The van der Waals surface area contributed by atoms with Crippen LogP contribution in [0.15, 0.2) is 18.2 Å². The topological polar surface area (TPSA) is 87.0 Å². The van der Waals surface area contributed by atoms with Crippen molar-refractivity contribution in [2.24, 2.45) is 11.3 Å². The summed E-state index contributed by atoms with van der Waals surface area (Å²) < 4.78 is 0. The number of hydrogen-bond donors (Lipinski definition) is 0. The van der Waals surface area contributed by atoms with E-state index in [1.54, 1.807) is 20.2 Å². The minimum atomic E-state index is -1.32. The monoisotopic (exact) mass is 402 g/mol. The van der Waals surface area contributed by atoms with Crippen molar-refractivity contribution in [1.29, 1.82) is 0 Å². The first-order valence-electron chi connectivity index (χ1n) is 9.32. The highest BCUT2D eigenvalue weighted by atomic mass is 32.1. The smallest absolute Gasteiger partial charge is 0.269 e. The lowest BCUT2D eigenvalue weighted by Crippen LogP contribution is -2.72. The number of anilines is 1. The van der Waals surface area contributed by atoms with Gasteiger partial charge in [0.2, 0.25) is 11.8 Å². The third-order valence-electron chi connectivity index (χ3n) is 6.43. The molecule has 0 aliphatic carbocycles. The summed E-state index contributed by atoms with van der Waals surface area (Å²) in [6.07, 6.45) is 1.80. The first-order chi connectivity index (χ1) is 13.2. The Labute approximate surface area is 168 Å². The molecule has 1 aromatic rings. The van der Waals surface area contributed by atoms with Gasteiger partial charge in [-0.1, -0.05) is 6.92 Å². The van der Waals surface area contributed by atoms with E-state index in [0.29, 0.717) is 24.4 Å². The van der Waals surface area contributed by atoms with Crippen molar-refractivity contribution in [1.82, 2.24) is 9.80 Å². The largest absolute Gasteiger partial charge is 0.367 e. The molecule has 0 bridgehead atoms. The highest BCUT2D eigenvalue weighted by molar-refractivity contribution is 7.80. The van der Waals surface area contributed by atoms with Crippen molar-refractivity contribution in [3.63, 3.8) is 0 Å². The summed E-state index contributed by atoms with van der Waals surface area (Å²) in [4.78, 5) is 42.7. The number of piperidine rings is 1. The minimum absolute atomic E-state index is 0.0364. The number of nitro benzene ring substituents is 1. The fourth-order valence-electron chi connectivity index (χ4n) is 4.95. The second-order valence-corrected chi connectivity index (χ2v) is 8.43. The Morgan fingerprint density at radius 3 is 2.46 bits per heavy atom. The maximum absolute atomic E-state index is 13.5. The molecule has 0 radical (unpaired) electrons. The van der Waals surface area contributed by atoms with Crippen LogP contribution in [0.4, 0.5) is 11.4 Å². The van der Waals surface area contributed by atoms with Crippen LogP contribution in [0.3, 0.4) is 0 Å². The Hall–Kier alpha value is -2.55. The zero-order valence-corrected chi connectivity index (χ0v) is 16.9. The number of thiocarbonyl (C=S) groups is 1. The number of benzene rings is 1. The summed E-state index contributed by atoms with van der Waals surface area (Å²) in [5.41, 5.74) is 0.192. The third kappa shape index (κ3) is 2.38. The van der Waals surface area contributed by atoms with Crippen molar-refractivity contribution < 1.29 is 14.5 Å². The summed E-state index contributed by atoms with van der Waals surface area (Å²) in [6, 6.07) is 4.44. The molecule has 3 aliphatic rings. The molecule has 148 valence electrons. The zero-order valence-electron chi connectivity index (χ0n) is 16.0. The fourth-order valence-corrected chi connectivity index (χ4v) is 5.11. The molecule has 2 fully saturated rings. The molecule has 3 aliphatic heterocycles. The van der Waals surface area contributed by atoms with Crippen LogP contribution >= 0.6 is 12.2 Å². The number of hydrogen-bond acceptors (Lipinski definition) is 6. The molecule has 4 rings (SSSR count). The molecular weight excluding hydrogens is 380 g/mol. The van der Waals surface area contributed by atoms with Gasteiger partial charge in [-0.2, -0.15) is 0 Å². The van der Waals surface area contributed by atoms with Gasteiger partial charge in [-0.25, -0.2) is 0 Å². The molecule has 8 nitrogen and oxygen atoms in total. The summed E-state index contributed by atoms with van der Waals surface area (Å²) in [5.74, 6) is -0.258. The predicted molar refractivity (Wildman–Crippen MR) is 107 cm³/mol. The molecule has 0 saturated carbocycles. The van der Waals surface area contributed by atoms with E-state index < -0.39 is 10.3 Å². The number of nitrogens with zero attached hydrogens (tertiary/aromatic N) is 4. The molecule has 0 N–H and O–H groups in total. The minimum Gasteiger partial charge on any atom is -0.367 e. The quantitative estimate of drug-likeness (QED) is 0.309. The van der Waals surface area contributed by atoms with Crippen molar-refractivity contribution in [3.8, 4) is 0 Å². The molecule has 9 heteroatoms. The number of non-ortho nitro benzene ring substituents is 1. The lowest BCUT2D eigenvalue weighted by Gasteiger charge is -2.56. The van der Waals surface area contributed by atoms with Crippen LogP contribution in [0.2, 0.25) is 0 Å². The van der Waals surface area contributed by atoms with Crippen LogP contribution in [0.1, 0.15) is 25.3 Å². The summed E-state index contributed by atoms with van der Waals surface area (Å²) in [5, 5.41) is 11.5. The normalized spacial score (nSPS) is 26.4. The van der Waals surface area contributed by atoms with Gasteiger partial charge in [0, 0.05) is 44.9 Å². The zero-order chi connectivity index (χ0) is 20.4. The van der Waals surface area contributed by atoms with Gasteiger partial charge in [0.05, 0.1) is 11.0 Å². The standard InChI is InChI=1S/C19H22N4O4S/c1-11-6-7-22-14-5-4-13(23(26)27)9-12(14)10-19(15(22)8-11)16(24)20(2)18(28)21(3)17(19)25/h4-5,9,11,15H,6-8,10H2,1-3H3/t11-,15-/m0/s1. The van der Waals surface area contributed by atoms with E-state index in [1.807, 2.05) is 0 Å². The Bertz CT molecular complexity index is 893. The van der Waals surface area contributed by atoms with Gasteiger partial charge in [0.15, 0.2) is 10.5 Å².